The lowest BCUT2D eigenvalue weighted by molar-refractivity contribution is 0.0685. The summed E-state index contributed by atoms with van der Waals surface area (Å²) in [6, 6.07) is 7.60. The Hall–Kier alpha value is -2.91. The zero-order valence-corrected chi connectivity index (χ0v) is 18.6. The van der Waals surface area contributed by atoms with Crippen LogP contribution in [-0.2, 0) is 20.6 Å². The predicted molar refractivity (Wildman–Crippen MR) is 120 cm³/mol. The Balaban J connectivity index is 1.64. The number of nitrogens with two attached hydrogens (primary N) is 1. The molecular formula is C22H31N5O4. The van der Waals surface area contributed by atoms with Crippen LogP contribution in [0.1, 0.15) is 29.8 Å². The van der Waals surface area contributed by atoms with Gasteiger partial charge in [-0.25, -0.2) is 4.79 Å². The molecule has 2 heterocycles. The van der Waals surface area contributed by atoms with Crippen LogP contribution in [0.25, 0.3) is 0 Å². The average Bonchev–Trinajstić information content (AvgIpc) is 2.78. The Morgan fingerprint density at radius 3 is 2.26 bits per heavy atom. The molecule has 1 aliphatic heterocycles. The summed E-state index contributed by atoms with van der Waals surface area (Å²) in [6.45, 7) is 8.26. The maximum atomic E-state index is 13.1. The van der Waals surface area contributed by atoms with E-state index in [9.17, 15) is 14.4 Å². The first-order valence-corrected chi connectivity index (χ1v) is 10.5. The molecule has 2 aromatic rings. The molecule has 1 atom stereocenters. The van der Waals surface area contributed by atoms with E-state index < -0.39 is 17.3 Å². The highest BCUT2D eigenvalue weighted by atomic mass is 16.5. The fourth-order valence-electron chi connectivity index (χ4n) is 3.89. The molecular weight excluding hydrogens is 398 g/mol. The van der Waals surface area contributed by atoms with E-state index in [1.165, 1.54) is 19.7 Å². The van der Waals surface area contributed by atoms with Crippen molar-refractivity contribution in [3.05, 3.63) is 56.2 Å². The largest absolute Gasteiger partial charge is 0.494 e. The smallest absolute Gasteiger partial charge is 0.332 e. The first-order valence-electron chi connectivity index (χ1n) is 10.5. The van der Waals surface area contributed by atoms with Gasteiger partial charge in [-0.3, -0.25) is 28.5 Å². The third-order valence-corrected chi connectivity index (χ3v) is 5.93. The number of carbonyl (C=O) groups excluding carboxylic acids is 1. The van der Waals surface area contributed by atoms with Gasteiger partial charge in [-0.1, -0.05) is 12.1 Å². The van der Waals surface area contributed by atoms with Crippen molar-refractivity contribution in [1.82, 2.24) is 18.9 Å². The average molecular weight is 430 g/mol. The van der Waals surface area contributed by atoms with Crippen LogP contribution in [0.4, 0.5) is 5.82 Å². The van der Waals surface area contributed by atoms with Gasteiger partial charge in [0.1, 0.15) is 17.1 Å². The van der Waals surface area contributed by atoms with Crippen molar-refractivity contribution in [1.29, 1.82) is 0 Å². The molecule has 0 spiro atoms. The van der Waals surface area contributed by atoms with Gasteiger partial charge in [0.15, 0.2) is 5.78 Å². The van der Waals surface area contributed by atoms with Gasteiger partial charge in [0, 0.05) is 46.8 Å². The Morgan fingerprint density at radius 1 is 1.06 bits per heavy atom. The van der Waals surface area contributed by atoms with E-state index in [0.717, 1.165) is 34.5 Å². The lowest BCUT2D eigenvalue weighted by Gasteiger charge is -2.37. The maximum Gasteiger partial charge on any atom is 0.332 e. The summed E-state index contributed by atoms with van der Waals surface area (Å²) in [4.78, 5) is 42.0. The van der Waals surface area contributed by atoms with Crippen LogP contribution in [0.3, 0.4) is 0 Å². The molecule has 1 aliphatic rings. The van der Waals surface area contributed by atoms with Crippen LogP contribution in [0.2, 0.25) is 0 Å². The number of anilines is 1. The molecule has 3 rings (SSSR count). The Labute approximate surface area is 181 Å². The molecule has 1 saturated heterocycles. The van der Waals surface area contributed by atoms with E-state index in [4.69, 9.17) is 10.5 Å². The number of Topliss-reactive ketones (excluding diaryl/α,β-unsaturated/α-hetero) is 1. The molecule has 31 heavy (non-hydrogen) atoms. The van der Waals surface area contributed by atoms with Crippen LogP contribution in [-0.4, -0.2) is 63.5 Å². The van der Waals surface area contributed by atoms with Crippen molar-refractivity contribution in [2.75, 3.05) is 38.5 Å². The summed E-state index contributed by atoms with van der Waals surface area (Å²) >= 11 is 0. The van der Waals surface area contributed by atoms with Crippen LogP contribution >= 0.6 is 0 Å². The van der Waals surface area contributed by atoms with E-state index in [1.54, 1.807) is 6.92 Å². The standard InChI is InChI=1S/C22H31N5O4/c1-5-31-17-8-6-16(7-9-17)14-26-10-12-27(13-11-26)15(2)19(28)18-20(23)24(3)22(30)25(4)21(18)29/h6-9,15H,5,10-14,23H2,1-4H3. The fourth-order valence-corrected chi connectivity index (χ4v) is 3.89. The van der Waals surface area contributed by atoms with E-state index in [1.807, 2.05) is 19.1 Å². The second-order valence-corrected chi connectivity index (χ2v) is 7.90. The van der Waals surface area contributed by atoms with Crippen molar-refractivity contribution < 1.29 is 9.53 Å². The number of hydrogen-bond donors (Lipinski definition) is 1. The predicted octanol–water partition coefficient (Wildman–Crippen LogP) is 0.454. The molecule has 1 unspecified atom stereocenters. The topological polar surface area (TPSA) is 103 Å². The monoisotopic (exact) mass is 429 g/mol. The summed E-state index contributed by atoms with van der Waals surface area (Å²) in [7, 11) is 2.81. The van der Waals surface area contributed by atoms with Crippen molar-refractivity contribution in [3.8, 4) is 5.75 Å². The summed E-state index contributed by atoms with van der Waals surface area (Å²) in [6.07, 6.45) is 0. The molecule has 1 fully saturated rings. The lowest BCUT2D eigenvalue weighted by Crippen LogP contribution is -2.52. The second-order valence-electron chi connectivity index (χ2n) is 7.90. The van der Waals surface area contributed by atoms with Crippen molar-refractivity contribution in [2.24, 2.45) is 14.1 Å². The molecule has 1 aromatic heterocycles. The first-order chi connectivity index (χ1) is 14.7. The van der Waals surface area contributed by atoms with E-state index >= 15 is 0 Å². The number of hydrogen-bond acceptors (Lipinski definition) is 7. The number of benzene rings is 1. The van der Waals surface area contributed by atoms with Crippen molar-refractivity contribution in [2.45, 2.75) is 26.4 Å². The number of ketones is 1. The number of ether oxygens (including phenoxy) is 1. The number of nitrogen functional groups attached to an aromatic ring is 1. The highest BCUT2D eigenvalue weighted by molar-refractivity contribution is 6.03. The van der Waals surface area contributed by atoms with Crippen molar-refractivity contribution >= 4 is 11.6 Å². The molecule has 168 valence electrons. The van der Waals surface area contributed by atoms with Gasteiger partial charge in [-0.15, -0.1) is 0 Å². The lowest BCUT2D eigenvalue weighted by atomic mass is 10.0. The van der Waals surface area contributed by atoms with Gasteiger partial charge < -0.3 is 10.5 Å². The molecule has 9 heteroatoms. The summed E-state index contributed by atoms with van der Waals surface area (Å²) in [5.74, 6) is 0.431. The molecule has 0 saturated carbocycles. The van der Waals surface area contributed by atoms with E-state index in [0.29, 0.717) is 19.7 Å². The van der Waals surface area contributed by atoms with Crippen molar-refractivity contribution in [3.63, 3.8) is 0 Å². The Bertz CT molecular complexity index is 1050. The summed E-state index contributed by atoms with van der Waals surface area (Å²) < 4.78 is 7.54. The van der Waals surface area contributed by atoms with Crippen LogP contribution in [0.5, 0.6) is 5.75 Å². The van der Waals surface area contributed by atoms with Crippen LogP contribution in [0.15, 0.2) is 33.9 Å². The van der Waals surface area contributed by atoms with Gasteiger partial charge in [-0.2, -0.15) is 0 Å². The second kappa shape index (κ2) is 9.49. The zero-order chi connectivity index (χ0) is 22.7. The number of carbonyl (C=O) groups is 1. The summed E-state index contributed by atoms with van der Waals surface area (Å²) in [5, 5.41) is 0. The normalized spacial score (nSPS) is 16.3. The van der Waals surface area contributed by atoms with Gasteiger partial charge in [0.05, 0.1) is 12.6 Å². The molecule has 1 aromatic carbocycles. The quantitative estimate of drug-likeness (QED) is 0.638. The molecule has 0 bridgehead atoms. The molecule has 9 nitrogen and oxygen atoms in total. The third kappa shape index (κ3) is 4.72. The first kappa shape index (κ1) is 22.8. The van der Waals surface area contributed by atoms with E-state index in [-0.39, 0.29) is 17.2 Å². The van der Waals surface area contributed by atoms with E-state index in [2.05, 4.69) is 21.9 Å². The minimum absolute atomic E-state index is 0.0842. The zero-order valence-electron chi connectivity index (χ0n) is 18.6. The third-order valence-electron chi connectivity index (χ3n) is 5.93. The molecule has 0 amide bonds. The minimum atomic E-state index is -0.647. The summed E-state index contributed by atoms with van der Waals surface area (Å²) in [5.41, 5.74) is 5.85. The number of piperazine rings is 1. The van der Waals surface area contributed by atoms with Gasteiger partial charge in [0.2, 0.25) is 0 Å². The van der Waals surface area contributed by atoms with Crippen LogP contribution < -0.4 is 21.7 Å². The SMILES string of the molecule is CCOc1ccc(CN2CCN(C(C)C(=O)c3c(N)n(C)c(=O)n(C)c3=O)CC2)cc1. The highest BCUT2D eigenvalue weighted by Gasteiger charge is 2.30. The minimum Gasteiger partial charge on any atom is -0.494 e. The number of aromatic nitrogens is 2. The number of rotatable bonds is 7. The Morgan fingerprint density at radius 2 is 1.68 bits per heavy atom. The van der Waals surface area contributed by atoms with Gasteiger partial charge in [0.25, 0.3) is 5.56 Å². The molecule has 2 N–H and O–H groups in total. The maximum absolute atomic E-state index is 13.1. The Kier molecular flexibility index (Phi) is 6.97. The fraction of sp³-hybridized carbons (Fsp3) is 0.500. The molecule has 0 radical (unpaired) electrons. The van der Waals surface area contributed by atoms with Gasteiger partial charge in [-0.05, 0) is 31.5 Å². The van der Waals surface area contributed by atoms with Crippen LogP contribution in [0, 0.1) is 0 Å². The highest BCUT2D eigenvalue weighted by Crippen LogP contribution is 2.17. The van der Waals surface area contributed by atoms with Gasteiger partial charge >= 0.3 is 5.69 Å². The number of nitrogens with zero attached hydrogens (tertiary/aromatic N) is 4. The molecule has 0 aliphatic carbocycles.